The van der Waals surface area contributed by atoms with Crippen LogP contribution in [0.4, 0.5) is 0 Å². The van der Waals surface area contributed by atoms with E-state index in [0.29, 0.717) is 0 Å². The second-order valence-electron chi connectivity index (χ2n) is 2.79. The molecule has 5 nitrogen and oxygen atoms in total. The molecule has 1 aliphatic rings. The third kappa shape index (κ3) is 1.68. The summed E-state index contributed by atoms with van der Waals surface area (Å²) in [5, 5.41) is 27.8. The van der Waals surface area contributed by atoms with Crippen LogP contribution in [0.5, 0.6) is 0 Å². The Hall–Kier alpha value is -0.850. The van der Waals surface area contributed by atoms with E-state index in [2.05, 4.69) is 15.9 Å². The van der Waals surface area contributed by atoms with E-state index < -0.39 is 17.7 Å². The summed E-state index contributed by atoms with van der Waals surface area (Å²) in [5.41, 5.74) is 0. The van der Waals surface area contributed by atoms with Gasteiger partial charge in [0.15, 0.2) is 5.92 Å². The summed E-state index contributed by atoms with van der Waals surface area (Å²) in [6, 6.07) is 0. The lowest BCUT2D eigenvalue weighted by Crippen LogP contribution is -2.45. The Labute approximate surface area is 88.4 Å². The first-order valence-corrected chi connectivity index (χ1v) is 4.50. The van der Waals surface area contributed by atoms with Crippen molar-refractivity contribution in [3.05, 3.63) is 22.4 Å². The van der Waals surface area contributed by atoms with Gasteiger partial charge in [-0.25, -0.2) is 0 Å². The quantitative estimate of drug-likeness (QED) is 0.620. The maximum atomic E-state index is 10.8. The molecule has 6 heteroatoms. The molecule has 1 rings (SSSR count). The van der Waals surface area contributed by atoms with E-state index in [1.54, 1.807) is 0 Å². The SMILES string of the molecule is COC1=CC=C(Br)C(O)(O)C1C(=O)O. The van der Waals surface area contributed by atoms with Crippen molar-refractivity contribution in [1.29, 1.82) is 0 Å². The molecule has 78 valence electrons. The number of hydrogen-bond donors (Lipinski definition) is 3. The van der Waals surface area contributed by atoms with Crippen molar-refractivity contribution in [3.8, 4) is 0 Å². The molecule has 0 spiro atoms. The largest absolute Gasteiger partial charge is 0.500 e. The number of carbonyl (C=O) groups is 1. The molecule has 0 bridgehead atoms. The number of rotatable bonds is 2. The fourth-order valence-corrected chi connectivity index (χ4v) is 1.55. The number of carboxylic acid groups (broad SMARTS) is 1. The lowest BCUT2D eigenvalue weighted by Gasteiger charge is -2.31. The van der Waals surface area contributed by atoms with Gasteiger partial charge in [0.1, 0.15) is 5.76 Å². The van der Waals surface area contributed by atoms with E-state index in [-0.39, 0.29) is 10.2 Å². The predicted octanol–water partition coefficient (Wildman–Crippen LogP) is 0.191. The Morgan fingerprint density at radius 3 is 2.57 bits per heavy atom. The van der Waals surface area contributed by atoms with Gasteiger partial charge >= 0.3 is 5.97 Å². The van der Waals surface area contributed by atoms with Crippen LogP contribution < -0.4 is 0 Å². The van der Waals surface area contributed by atoms with Gasteiger partial charge in [-0.2, -0.15) is 0 Å². The van der Waals surface area contributed by atoms with Crippen molar-refractivity contribution < 1.29 is 24.9 Å². The molecular weight excluding hydrogens is 256 g/mol. The second kappa shape index (κ2) is 3.72. The number of carboxylic acids is 1. The molecular formula is C8H9BrO5. The highest BCUT2D eigenvalue weighted by molar-refractivity contribution is 9.11. The maximum absolute atomic E-state index is 10.8. The summed E-state index contributed by atoms with van der Waals surface area (Å²) >= 11 is 2.87. The highest BCUT2D eigenvalue weighted by Gasteiger charge is 2.47. The monoisotopic (exact) mass is 264 g/mol. The summed E-state index contributed by atoms with van der Waals surface area (Å²) in [6.45, 7) is 0. The van der Waals surface area contributed by atoms with Gasteiger partial charge in [0, 0.05) is 0 Å². The Bertz CT molecular complexity index is 318. The van der Waals surface area contributed by atoms with Crippen molar-refractivity contribution in [2.45, 2.75) is 5.79 Å². The normalized spacial score (nSPS) is 25.0. The predicted molar refractivity (Wildman–Crippen MR) is 50.4 cm³/mol. The molecule has 0 amide bonds. The van der Waals surface area contributed by atoms with Gasteiger partial charge in [0.2, 0.25) is 5.79 Å². The van der Waals surface area contributed by atoms with Gasteiger partial charge in [0.05, 0.1) is 11.6 Å². The standard InChI is InChI=1S/C8H9BrO5/c1-14-4-2-3-5(9)8(12,13)6(4)7(10)11/h2-3,6,12-13H,1H3,(H,10,11). The third-order valence-electron chi connectivity index (χ3n) is 1.92. The first kappa shape index (κ1) is 11.2. The zero-order valence-electron chi connectivity index (χ0n) is 7.27. The smallest absolute Gasteiger partial charge is 0.320 e. The third-order valence-corrected chi connectivity index (χ3v) is 2.76. The summed E-state index contributed by atoms with van der Waals surface area (Å²) in [5.74, 6) is -5.36. The molecule has 1 unspecified atom stereocenters. The molecule has 1 atom stereocenters. The molecule has 0 aromatic carbocycles. The second-order valence-corrected chi connectivity index (χ2v) is 3.64. The molecule has 1 aliphatic carbocycles. The van der Waals surface area contributed by atoms with Crippen LogP contribution in [0.15, 0.2) is 22.4 Å². The minimum Gasteiger partial charge on any atom is -0.500 e. The fraction of sp³-hybridized carbons (Fsp3) is 0.375. The Morgan fingerprint density at radius 1 is 1.57 bits per heavy atom. The van der Waals surface area contributed by atoms with Crippen LogP contribution in [-0.2, 0) is 9.53 Å². The van der Waals surface area contributed by atoms with Crippen molar-refractivity contribution in [2.24, 2.45) is 5.92 Å². The summed E-state index contributed by atoms with van der Waals surface area (Å²) in [7, 11) is 1.27. The Morgan fingerprint density at radius 2 is 2.14 bits per heavy atom. The maximum Gasteiger partial charge on any atom is 0.320 e. The van der Waals surface area contributed by atoms with Gasteiger partial charge in [0.25, 0.3) is 0 Å². The highest BCUT2D eigenvalue weighted by atomic mass is 79.9. The van der Waals surface area contributed by atoms with Crippen LogP contribution in [0, 0.1) is 5.92 Å². The number of methoxy groups -OCH3 is 1. The first-order valence-electron chi connectivity index (χ1n) is 3.70. The van der Waals surface area contributed by atoms with Crippen LogP contribution in [-0.4, -0.2) is 34.2 Å². The number of ether oxygens (including phenoxy) is 1. The number of aliphatic hydroxyl groups is 2. The van der Waals surface area contributed by atoms with Crippen molar-refractivity contribution in [1.82, 2.24) is 0 Å². The van der Waals surface area contributed by atoms with Gasteiger partial charge in [-0.3, -0.25) is 4.79 Å². The molecule has 14 heavy (non-hydrogen) atoms. The lowest BCUT2D eigenvalue weighted by molar-refractivity contribution is -0.184. The molecule has 0 heterocycles. The van der Waals surface area contributed by atoms with E-state index in [0.717, 1.165) is 0 Å². The minimum absolute atomic E-state index is 0.00861. The van der Waals surface area contributed by atoms with Crippen molar-refractivity contribution in [3.63, 3.8) is 0 Å². The molecule has 3 N–H and O–H groups in total. The van der Waals surface area contributed by atoms with E-state index in [1.807, 2.05) is 0 Å². The summed E-state index contributed by atoms with van der Waals surface area (Å²) in [4.78, 5) is 10.8. The molecule has 0 fully saturated rings. The van der Waals surface area contributed by atoms with Gasteiger partial charge in [-0.05, 0) is 28.1 Å². The summed E-state index contributed by atoms with van der Waals surface area (Å²) < 4.78 is 4.73. The van der Waals surface area contributed by atoms with E-state index in [4.69, 9.17) is 9.84 Å². The molecule has 0 aromatic heterocycles. The van der Waals surface area contributed by atoms with Gasteiger partial charge < -0.3 is 20.1 Å². The highest BCUT2D eigenvalue weighted by Crippen LogP contribution is 2.36. The Kier molecular flexibility index (Phi) is 2.98. The van der Waals surface area contributed by atoms with Gasteiger partial charge in [-0.1, -0.05) is 0 Å². The topological polar surface area (TPSA) is 87.0 Å². The summed E-state index contributed by atoms with van der Waals surface area (Å²) in [6.07, 6.45) is 2.70. The average Bonchev–Trinajstić information content (AvgIpc) is 2.08. The van der Waals surface area contributed by atoms with Crippen LogP contribution in [0.2, 0.25) is 0 Å². The van der Waals surface area contributed by atoms with E-state index in [1.165, 1.54) is 19.3 Å². The lowest BCUT2D eigenvalue weighted by atomic mass is 9.92. The van der Waals surface area contributed by atoms with Crippen LogP contribution >= 0.6 is 15.9 Å². The molecule has 0 radical (unpaired) electrons. The molecule has 0 aliphatic heterocycles. The van der Waals surface area contributed by atoms with E-state index in [9.17, 15) is 15.0 Å². The van der Waals surface area contributed by atoms with Crippen LogP contribution in [0.3, 0.4) is 0 Å². The first-order chi connectivity index (χ1) is 6.41. The molecule has 0 aromatic rings. The van der Waals surface area contributed by atoms with Crippen LogP contribution in [0.25, 0.3) is 0 Å². The van der Waals surface area contributed by atoms with E-state index >= 15 is 0 Å². The number of allylic oxidation sites excluding steroid dienone is 2. The average molecular weight is 265 g/mol. The van der Waals surface area contributed by atoms with Gasteiger partial charge in [-0.15, -0.1) is 0 Å². The van der Waals surface area contributed by atoms with Crippen LogP contribution in [0.1, 0.15) is 0 Å². The minimum atomic E-state index is -2.47. The molecule has 0 saturated heterocycles. The zero-order valence-corrected chi connectivity index (χ0v) is 8.85. The number of halogens is 1. The number of hydrogen-bond acceptors (Lipinski definition) is 4. The Balaban J connectivity index is 3.17. The number of aliphatic carboxylic acids is 1. The fourth-order valence-electron chi connectivity index (χ4n) is 1.19. The molecule has 0 saturated carbocycles. The zero-order chi connectivity index (χ0) is 10.9. The van der Waals surface area contributed by atoms with Crippen molar-refractivity contribution in [2.75, 3.05) is 7.11 Å². The van der Waals surface area contributed by atoms with Crippen molar-refractivity contribution >= 4 is 21.9 Å².